The maximum absolute atomic E-state index is 4.82. The molecule has 30 heavy (non-hydrogen) atoms. The van der Waals surface area contributed by atoms with Crippen LogP contribution < -0.4 is 5.46 Å². The van der Waals surface area contributed by atoms with Crippen LogP contribution in [-0.4, -0.2) is 75.4 Å². The number of fused-ring (bicyclic) bond motifs is 1. The van der Waals surface area contributed by atoms with E-state index in [0.717, 1.165) is 52.5 Å². The highest BCUT2D eigenvalue weighted by Crippen LogP contribution is 2.39. The van der Waals surface area contributed by atoms with Gasteiger partial charge in [0.15, 0.2) is 5.82 Å². The maximum Gasteiger partial charge on any atom is 0.245 e. The molecule has 0 amide bonds. The molecule has 1 radical (unpaired) electrons. The summed E-state index contributed by atoms with van der Waals surface area (Å²) in [7, 11) is 4.41. The Kier molecular flexibility index (Phi) is 4.02. The van der Waals surface area contributed by atoms with E-state index in [-0.39, 0.29) is 5.54 Å². The first-order chi connectivity index (χ1) is 14.7. The molecule has 3 aliphatic rings. The molecule has 2 aromatic heterocycles. The Morgan fingerprint density at radius 3 is 2.63 bits per heavy atom. The van der Waals surface area contributed by atoms with E-state index in [2.05, 4.69) is 74.9 Å². The van der Waals surface area contributed by atoms with Gasteiger partial charge in [-0.15, -0.1) is 10.2 Å². The van der Waals surface area contributed by atoms with Crippen molar-refractivity contribution in [1.82, 2.24) is 30.2 Å². The van der Waals surface area contributed by atoms with Gasteiger partial charge in [0.25, 0.3) is 0 Å². The van der Waals surface area contributed by atoms with Crippen LogP contribution in [0.3, 0.4) is 0 Å². The number of aromatic nitrogens is 4. The summed E-state index contributed by atoms with van der Waals surface area (Å²) in [6.07, 6.45) is 7.47. The Bertz CT molecular complexity index is 1110. The van der Waals surface area contributed by atoms with Crippen molar-refractivity contribution in [3.05, 3.63) is 42.7 Å². The number of amidine groups is 1. The number of nitrogens with one attached hydrogen (secondary N) is 1. The van der Waals surface area contributed by atoms with E-state index in [1.54, 1.807) is 0 Å². The normalized spacial score (nSPS) is 23.1. The van der Waals surface area contributed by atoms with Crippen LogP contribution in [0.4, 0.5) is 5.82 Å². The van der Waals surface area contributed by atoms with E-state index in [0.29, 0.717) is 0 Å². The third-order valence-corrected chi connectivity index (χ3v) is 6.72. The number of hydrogen-bond donors (Lipinski definition) is 1. The molecule has 1 aromatic carbocycles. The molecule has 1 unspecified atom stereocenters. The SMILES string of the molecule is CN1CCCC2(CCN2C2=Nc3nnc(-c4ccc(-c5cn[nH]c5)cc4)cc3[B]2)C1. The number of H-pyrrole nitrogens is 1. The molecule has 0 bridgehead atoms. The van der Waals surface area contributed by atoms with Crippen molar-refractivity contribution >= 4 is 24.3 Å². The number of rotatable bonds is 2. The molecule has 1 atom stereocenters. The minimum atomic E-state index is 0.254. The molecule has 0 saturated carbocycles. The average Bonchev–Trinajstić information content (AvgIpc) is 3.42. The average molecular weight is 396 g/mol. The van der Waals surface area contributed by atoms with Gasteiger partial charge in [0.1, 0.15) is 0 Å². The molecular formula is C22H23BN7. The molecule has 0 aliphatic carbocycles. The quantitative estimate of drug-likeness (QED) is 0.672. The third kappa shape index (κ3) is 2.86. The number of aliphatic imine (C=N–C) groups is 1. The number of piperidine rings is 1. The van der Waals surface area contributed by atoms with E-state index >= 15 is 0 Å². The fourth-order valence-corrected chi connectivity index (χ4v) is 5.05. The smallest absolute Gasteiger partial charge is 0.245 e. The van der Waals surface area contributed by atoms with Crippen molar-refractivity contribution in [2.45, 2.75) is 24.8 Å². The number of benzene rings is 1. The zero-order valence-electron chi connectivity index (χ0n) is 17.0. The lowest BCUT2D eigenvalue weighted by Crippen LogP contribution is -2.68. The largest absolute Gasteiger partial charge is 0.361 e. The predicted molar refractivity (Wildman–Crippen MR) is 118 cm³/mol. The second-order valence-electron chi connectivity index (χ2n) is 8.65. The predicted octanol–water partition coefficient (Wildman–Crippen LogP) is 2.03. The van der Waals surface area contributed by atoms with Crippen LogP contribution in [0.15, 0.2) is 47.7 Å². The van der Waals surface area contributed by atoms with Crippen LogP contribution in [0.2, 0.25) is 0 Å². The summed E-state index contributed by atoms with van der Waals surface area (Å²) in [5.74, 6) is 0.731. The molecule has 8 heteroatoms. The topological polar surface area (TPSA) is 73.3 Å². The highest BCUT2D eigenvalue weighted by molar-refractivity contribution is 6.87. The van der Waals surface area contributed by atoms with Crippen LogP contribution >= 0.6 is 0 Å². The van der Waals surface area contributed by atoms with E-state index in [1.807, 2.05) is 12.4 Å². The van der Waals surface area contributed by atoms with Crippen molar-refractivity contribution in [2.24, 2.45) is 4.99 Å². The molecule has 3 aromatic rings. The van der Waals surface area contributed by atoms with Gasteiger partial charge in [-0.3, -0.25) is 5.10 Å². The highest BCUT2D eigenvalue weighted by atomic mass is 15.3. The van der Waals surface area contributed by atoms with Crippen molar-refractivity contribution < 1.29 is 0 Å². The second kappa shape index (κ2) is 6.77. The van der Waals surface area contributed by atoms with E-state index in [9.17, 15) is 0 Å². The van der Waals surface area contributed by atoms with Crippen molar-refractivity contribution in [1.29, 1.82) is 0 Å². The zero-order valence-corrected chi connectivity index (χ0v) is 17.0. The molecule has 2 saturated heterocycles. The Labute approximate surface area is 176 Å². The van der Waals surface area contributed by atoms with Crippen molar-refractivity contribution in [2.75, 3.05) is 26.7 Å². The van der Waals surface area contributed by atoms with Crippen LogP contribution in [0.5, 0.6) is 0 Å². The number of likely N-dealkylation sites (N-methyl/N-ethyl adjacent to an activating group) is 1. The molecule has 1 N–H and O–H groups in total. The van der Waals surface area contributed by atoms with Gasteiger partial charge in [-0.2, -0.15) is 5.10 Å². The molecule has 149 valence electrons. The second-order valence-corrected chi connectivity index (χ2v) is 8.65. The summed E-state index contributed by atoms with van der Waals surface area (Å²) in [5, 5.41) is 15.7. The molecule has 6 rings (SSSR count). The molecule has 5 heterocycles. The number of nitrogens with zero attached hydrogens (tertiary/aromatic N) is 6. The number of likely N-dealkylation sites (tertiary alicyclic amines) is 2. The first-order valence-corrected chi connectivity index (χ1v) is 10.6. The van der Waals surface area contributed by atoms with Gasteiger partial charge >= 0.3 is 0 Å². The Morgan fingerprint density at radius 1 is 1.03 bits per heavy atom. The molecule has 2 fully saturated rings. The van der Waals surface area contributed by atoms with Gasteiger partial charge in [0.05, 0.1) is 23.2 Å². The summed E-state index contributed by atoms with van der Waals surface area (Å²) in [6.45, 7) is 3.39. The molecular weight excluding hydrogens is 373 g/mol. The number of hydrogen-bond acceptors (Lipinski definition) is 6. The Hall–Kier alpha value is -3.00. The van der Waals surface area contributed by atoms with Gasteiger partial charge < -0.3 is 9.80 Å². The van der Waals surface area contributed by atoms with Crippen LogP contribution in [-0.2, 0) is 0 Å². The summed E-state index contributed by atoms with van der Waals surface area (Å²) >= 11 is 0. The van der Waals surface area contributed by atoms with Crippen LogP contribution in [0.1, 0.15) is 19.3 Å². The monoisotopic (exact) mass is 396 g/mol. The van der Waals surface area contributed by atoms with E-state index < -0.39 is 0 Å². The van der Waals surface area contributed by atoms with E-state index in [4.69, 9.17) is 4.99 Å². The summed E-state index contributed by atoms with van der Waals surface area (Å²) in [6, 6.07) is 10.4. The molecule has 7 nitrogen and oxygen atoms in total. The number of aromatic amines is 1. The van der Waals surface area contributed by atoms with Crippen LogP contribution in [0, 0.1) is 0 Å². The zero-order chi connectivity index (χ0) is 20.1. The Balaban J connectivity index is 1.22. The van der Waals surface area contributed by atoms with Gasteiger partial charge in [-0.25, -0.2) is 4.99 Å². The van der Waals surface area contributed by atoms with Crippen LogP contribution in [0.25, 0.3) is 22.4 Å². The van der Waals surface area contributed by atoms with E-state index in [1.165, 1.54) is 25.8 Å². The highest BCUT2D eigenvalue weighted by Gasteiger charge is 2.48. The molecule has 1 spiro atoms. The van der Waals surface area contributed by atoms with Crippen molar-refractivity contribution in [3.8, 4) is 22.4 Å². The fourth-order valence-electron chi connectivity index (χ4n) is 5.05. The fraction of sp³-hybridized carbons (Fsp3) is 0.364. The minimum Gasteiger partial charge on any atom is -0.361 e. The maximum atomic E-state index is 4.82. The summed E-state index contributed by atoms with van der Waals surface area (Å²) in [4.78, 5) is 9.75. The summed E-state index contributed by atoms with van der Waals surface area (Å²) < 4.78 is 0. The summed E-state index contributed by atoms with van der Waals surface area (Å²) in [5.41, 5.74) is 6.48. The lowest BCUT2D eigenvalue weighted by molar-refractivity contribution is -0.00582. The van der Waals surface area contributed by atoms with Gasteiger partial charge in [-0.05, 0) is 49.9 Å². The van der Waals surface area contributed by atoms with Gasteiger partial charge in [0, 0.05) is 30.4 Å². The molecule has 3 aliphatic heterocycles. The minimum absolute atomic E-state index is 0.254. The third-order valence-electron chi connectivity index (χ3n) is 6.72. The lowest BCUT2D eigenvalue weighted by Gasteiger charge is -2.58. The first kappa shape index (κ1) is 17.8. The lowest BCUT2D eigenvalue weighted by atomic mass is 9.66. The standard InChI is InChI=1S/C22H23BN7/c1-29-9-2-7-22(14-29)8-10-30(22)21-23-18-11-19(27-28-20(18)26-21)16-5-3-15(4-6-16)17-12-24-25-13-17/h3-6,11-13H,2,7-10,14H2,1H3,(H,24,25). The van der Waals surface area contributed by atoms with Gasteiger partial charge in [0.2, 0.25) is 7.28 Å². The Morgan fingerprint density at radius 2 is 1.90 bits per heavy atom. The first-order valence-electron chi connectivity index (χ1n) is 10.6. The van der Waals surface area contributed by atoms with Gasteiger partial charge in [-0.1, -0.05) is 24.3 Å². The van der Waals surface area contributed by atoms with Crippen molar-refractivity contribution in [3.63, 3.8) is 0 Å².